The lowest BCUT2D eigenvalue weighted by Gasteiger charge is -2.34. The molecule has 1 aromatic rings. The fourth-order valence-corrected chi connectivity index (χ4v) is 1.83. The number of nitrogens with one attached hydrogen (secondary N) is 1. The molecule has 0 saturated heterocycles. The monoisotopic (exact) mass is 252 g/mol. The number of halogens is 1. The van der Waals surface area contributed by atoms with Crippen molar-refractivity contribution in [2.24, 2.45) is 0 Å². The quantitative estimate of drug-likeness (QED) is 0.880. The van der Waals surface area contributed by atoms with E-state index in [2.05, 4.69) is 5.32 Å². The van der Waals surface area contributed by atoms with Crippen molar-refractivity contribution in [3.8, 4) is 0 Å². The first-order valence-electron chi connectivity index (χ1n) is 6.15. The molecule has 1 aromatic carbocycles. The third-order valence-corrected chi connectivity index (χ3v) is 2.76. The van der Waals surface area contributed by atoms with Gasteiger partial charge >= 0.3 is 6.03 Å². The Morgan fingerprint density at radius 3 is 2.44 bits per heavy atom. The molecule has 0 unspecified atom stereocenters. The Morgan fingerprint density at radius 1 is 1.33 bits per heavy atom. The summed E-state index contributed by atoms with van der Waals surface area (Å²) in [7, 11) is 0. The smallest absolute Gasteiger partial charge is 0.318 e. The SMILES string of the molecule is CCN(C(=O)NCc1ccccc1F)C(C)(C)C. The van der Waals surface area contributed by atoms with Gasteiger partial charge in [-0.1, -0.05) is 18.2 Å². The van der Waals surface area contributed by atoms with E-state index in [0.717, 1.165) is 0 Å². The summed E-state index contributed by atoms with van der Waals surface area (Å²) in [6.45, 7) is 8.66. The number of hydrogen-bond donors (Lipinski definition) is 1. The van der Waals surface area contributed by atoms with Crippen LogP contribution in [0, 0.1) is 5.82 Å². The molecule has 1 rings (SSSR count). The lowest BCUT2D eigenvalue weighted by atomic mass is 10.1. The van der Waals surface area contributed by atoms with Crippen LogP contribution in [0.5, 0.6) is 0 Å². The minimum absolute atomic E-state index is 0.173. The third-order valence-electron chi connectivity index (χ3n) is 2.76. The van der Waals surface area contributed by atoms with Gasteiger partial charge < -0.3 is 10.2 Å². The van der Waals surface area contributed by atoms with Gasteiger partial charge in [0.25, 0.3) is 0 Å². The Balaban J connectivity index is 2.64. The number of carbonyl (C=O) groups excluding carboxylic acids is 1. The average molecular weight is 252 g/mol. The molecule has 100 valence electrons. The lowest BCUT2D eigenvalue weighted by Crippen LogP contribution is -2.50. The number of carbonyl (C=O) groups is 1. The first-order valence-corrected chi connectivity index (χ1v) is 6.15. The number of hydrogen-bond acceptors (Lipinski definition) is 1. The standard InChI is InChI=1S/C14H21FN2O/c1-5-17(14(2,3)4)13(18)16-10-11-8-6-7-9-12(11)15/h6-9H,5,10H2,1-4H3,(H,16,18). The van der Waals surface area contributed by atoms with Gasteiger partial charge in [-0.05, 0) is 33.8 Å². The summed E-state index contributed by atoms with van der Waals surface area (Å²) in [6.07, 6.45) is 0. The van der Waals surface area contributed by atoms with Crippen molar-refractivity contribution in [3.63, 3.8) is 0 Å². The average Bonchev–Trinajstić information content (AvgIpc) is 2.27. The van der Waals surface area contributed by atoms with E-state index in [1.54, 1.807) is 23.1 Å². The highest BCUT2D eigenvalue weighted by molar-refractivity contribution is 5.74. The van der Waals surface area contributed by atoms with Crippen molar-refractivity contribution in [2.75, 3.05) is 6.54 Å². The van der Waals surface area contributed by atoms with E-state index < -0.39 is 0 Å². The summed E-state index contributed by atoms with van der Waals surface area (Å²) in [5, 5.41) is 2.74. The van der Waals surface area contributed by atoms with Crippen LogP contribution in [0.1, 0.15) is 33.3 Å². The fourth-order valence-electron chi connectivity index (χ4n) is 1.83. The van der Waals surface area contributed by atoms with Crippen molar-refractivity contribution >= 4 is 6.03 Å². The normalized spacial score (nSPS) is 11.2. The molecule has 18 heavy (non-hydrogen) atoms. The van der Waals surface area contributed by atoms with Crippen LogP contribution in [0.2, 0.25) is 0 Å². The zero-order valence-corrected chi connectivity index (χ0v) is 11.5. The van der Waals surface area contributed by atoms with Gasteiger partial charge in [0, 0.05) is 24.2 Å². The summed E-state index contributed by atoms with van der Waals surface area (Å²) in [5.41, 5.74) is 0.254. The summed E-state index contributed by atoms with van der Waals surface area (Å²) in [4.78, 5) is 13.7. The molecule has 0 aliphatic rings. The molecule has 0 aromatic heterocycles. The Bertz CT molecular complexity index is 413. The van der Waals surface area contributed by atoms with Crippen LogP contribution in [0.15, 0.2) is 24.3 Å². The molecule has 0 bridgehead atoms. The highest BCUT2D eigenvalue weighted by atomic mass is 19.1. The second-order valence-corrected chi connectivity index (χ2v) is 5.17. The molecule has 0 fully saturated rings. The molecule has 0 saturated carbocycles. The topological polar surface area (TPSA) is 32.3 Å². The van der Waals surface area contributed by atoms with Crippen LogP contribution in [0.4, 0.5) is 9.18 Å². The van der Waals surface area contributed by atoms with E-state index in [9.17, 15) is 9.18 Å². The van der Waals surface area contributed by atoms with E-state index in [1.165, 1.54) is 6.07 Å². The largest absolute Gasteiger partial charge is 0.334 e. The molecule has 0 heterocycles. The Morgan fingerprint density at radius 2 is 1.94 bits per heavy atom. The molecule has 0 radical (unpaired) electrons. The molecular formula is C14H21FN2O. The zero-order valence-electron chi connectivity index (χ0n) is 11.5. The van der Waals surface area contributed by atoms with E-state index >= 15 is 0 Å². The maximum absolute atomic E-state index is 13.4. The van der Waals surface area contributed by atoms with Crippen molar-refractivity contribution in [1.29, 1.82) is 0 Å². The van der Waals surface area contributed by atoms with Crippen LogP contribution in [-0.4, -0.2) is 23.0 Å². The van der Waals surface area contributed by atoms with Gasteiger partial charge in [0.1, 0.15) is 5.82 Å². The first-order chi connectivity index (χ1) is 8.36. The highest BCUT2D eigenvalue weighted by Crippen LogP contribution is 2.13. The Kier molecular flexibility index (Phi) is 4.70. The molecule has 1 N–H and O–H groups in total. The fraction of sp³-hybridized carbons (Fsp3) is 0.500. The number of urea groups is 1. The molecule has 0 spiro atoms. The summed E-state index contributed by atoms with van der Waals surface area (Å²) >= 11 is 0. The second kappa shape index (κ2) is 5.85. The van der Waals surface area contributed by atoms with Gasteiger partial charge in [-0.15, -0.1) is 0 Å². The van der Waals surface area contributed by atoms with E-state index in [1.807, 2.05) is 27.7 Å². The molecule has 0 atom stereocenters. The Hall–Kier alpha value is -1.58. The lowest BCUT2D eigenvalue weighted by molar-refractivity contribution is 0.149. The maximum Gasteiger partial charge on any atom is 0.318 e. The maximum atomic E-state index is 13.4. The van der Waals surface area contributed by atoms with Gasteiger partial charge in [-0.2, -0.15) is 0 Å². The van der Waals surface area contributed by atoms with Crippen molar-refractivity contribution < 1.29 is 9.18 Å². The Labute approximate surface area is 108 Å². The summed E-state index contributed by atoms with van der Waals surface area (Å²) in [5.74, 6) is -0.295. The van der Waals surface area contributed by atoms with E-state index in [4.69, 9.17) is 0 Å². The van der Waals surface area contributed by atoms with Gasteiger partial charge in [0.05, 0.1) is 0 Å². The summed E-state index contributed by atoms with van der Waals surface area (Å²) < 4.78 is 13.4. The van der Waals surface area contributed by atoms with Crippen molar-refractivity contribution in [2.45, 2.75) is 39.8 Å². The molecule has 4 heteroatoms. The predicted molar refractivity (Wildman–Crippen MR) is 70.8 cm³/mol. The van der Waals surface area contributed by atoms with Gasteiger partial charge in [-0.25, -0.2) is 9.18 Å². The number of nitrogens with zero attached hydrogens (tertiary/aromatic N) is 1. The molecule has 3 nitrogen and oxygen atoms in total. The zero-order chi connectivity index (χ0) is 13.8. The number of benzene rings is 1. The van der Waals surface area contributed by atoms with Gasteiger partial charge in [-0.3, -0.25) is 0 Å². The summed E-state index contributed by atoms with van der Waals surface area (Å²) in [6, 6.07) is 6.28. The highest BCUT2D eigenvalue weighted by Gasteiger charge is 2.24. The van der Waals surface area contributed by atoms with Crippen LogP contribution in [0.3, 0.4) is 0 Å². The predicted octanol–water partition coefficient (Wildman–Crippen LogP) is 3.16. The van der Waals surface area contributed by atoms with Gasteiger partial charge in [0.15, 0.2) is 0 Å². The molecule has 2 amide bonds. The van der Waals surface area contributed by atoms with Crippen molar-refractivity contribution in [3.05, 3.63) is 35.6 Å². The molecule has 0 aliphatic carbocycles. The molecular weight excluding hydrogens is 231 g/mol. The second-order valence-electron chi connectivity index (χ2n) is 5.17. The van der Waals surface area contributed by atoms with Crippen LogP contribution < -0.4 is 5.32 Å². The minimum Gasteiger partial charge on any atom is -0.334 e. The third kappa shape index (κ3) is 3.72. The first kappa shape index (κ1) is 14.5. The number of amides is 2. The van der Waals surface area contributed by atoms with Gasteiger partial charge in [0.2, 0.25) is 0 Å². The number of rotatable bonds is 3. The van der Waals surface area contributed by atoms with Crippen LogP contribution in [0.25, 0.3) is 0 Å². The van der Waals surface area contributed by atoms with Crippen LogP contribution in [-0.2, 0) is 6.54 Å². The van der Waals surface area contributed by atoms with Crippen LogP contribution >= 0.6 is 0 Å². The van der Waals surface area contributed by atoms with E-state index in [0.29, 0.717) is 12.1 Å². The van der Waals surface area contributed by atoms with Crippen molar-refractivity contribution in [1.82, 2.24) is 10.2 Å². The molecule has 0 aliphatic heterocycles. The van der Waals surface area contributed by atoms with E-state index in [-0.39, 0.29) is 23.9 Å². The minimum atomic E-state index is -0.295.